The number of methoxy groups -OCH3 is 2. The molecular formula is C17H19N3O4. The van der Waals surface area contributed by atoms with Crippen molar-refractivity contribution >= 4 is 28.9 Å². The molecule has 0 fully saturated rings. The highest BCUT2D eigenvalue weighted by atomic mass is 16.5. The van der Waals surface area contributed by atoms with Crippen LogP contribution >= 0.6 is 0 Å². The highest BCUT2D eigenvalue weighted by Crippen LogP contribution is 2.35. The molecule has 0 radical (unpaired) electrons. The molecule has 0 heterocycles. The van der Waals surface area contributed by atoms with E-state index < -0.39 is 0 Å². The number of nitrogens with one attached hydrogen (secondary N) is 2. The predicted molar refractivity (Wildman–Crippen MR) is 92.7 cm³/mol. The SMILES string of the molecule is COc1cc(N)c(NC(=O)c2cccc(NC(C)=O)c2)cc1OC. The largest absolute Gasteiger partial charge is 0.493 e. The molecule has 24 heavy (non-hydrogen) atoms. The van der Waals surface area contributed by atoms with Crippen LogP contribution in [0.15, 0.2) is 36.4 Å². The summed E-state index contributed by atoms with van der Waals surface area (Å²) in [6.07, 6.45) is 0. The maximum atomic E-state index is 12.4. The second-order valence-electron chi connectivity index (χ2n) is 5.01. The van der Waals surface area contributed by atoms with E-state index in [0.29, 0.717) is 34.1 Å². The summed E-state index contributed by atoms with van der Waals surface area (Å²) in [4.78, 5) is 23.5. The van der Waals surface area contributed by atoms with Crippen molar-refractivity contribution in [3.63, 3.8) is 0 Å². The lowest BCUT2D eigenvalue weighted by molar-refractivity contribution is -0.114. The highest BCUT2D eigenvalue weighted by Gasteiger charge is 2.13. The van der Waals surface area contributed by atoms with Crippen LogP contribution < -0.4 is 25.8 Å². The number of ether oxygens (including phenoxy) is 2. The van der Waals surface area contributed by atoms with Gasteiger partial charge in [-0.05, 0) is 18.2 Å². The van der Waals surface area contributed by atoms with Crippen molar-refractivity contribution < 1.29 is 19.1 Å². The van der Waals surface area contributed by atoms with Gasteiger partial charge in [-0.2, -0.15) is 0 Å². The lowest BCUT2D eigenvalue weighted by Gasteiger charge is -2.13. The number of hydrogen-bond donors (Lipinski definition) is 3. The summed E-state index contributed by atoms with van der Waals surface area (Å²) in [6.45, 7) is 1.40. The third-order valence-electron chi connectivity index (χ3n) is 3.25. The number of amides is 2. The molecule has 2 aromatic carbocycles. The zero-order valence-corrected chi connectivity index (χ0v) is 13.7. The number of rotatable bonds is 5. The molecule has 0 atom stereocenters. The van der Waals surface area contributed by atoms with Gasteiger partial charge < -0.3 is 25.8 Å². The monoisotopic (exact) mass is 329 g/mol. The van der Waals surface area contributed by atoms with E-state index in [1.807, 2.05) is 0 Å². The maximum Gasteiger partial charge on any atom is 0.255 e. The smallest absolute Gasteiger partial charge is 0.255 e. The van der Waals surface area contributed by atoms with Gasteiger partial charge in [-0.1, -0.05) is 6.07 Å². The van der Waals surface area contributed by atoms with Crippen molar-refractivity contribution in [2.45, 2.75) is 6.92 Å². The van der Waals surface area contributed by atoms with Gasteiger partial charge >= 0.3 is 0 Å². The Labute approximate surface area is 139 Å². The molecule has 126 valence electrons. The van der Waals surface area contributed by atoms with Gasteiger partial charge in [-0.15, -0.1) is 0 Å². The summed E-state index contributed by atoms with van der Waals surface area (Å²) in [6, 6.07) is 9.75. The van der Waals surface area contributed by atoms with E-state index >= 15 is 0 Å². The Hall–Kier alpha value is -3.22. The normalized spacial score (nSPS) is 9.96. The van der Waals surface area contributed by atoms with Crippen LogP contribution in [0.4, 0.5) is 17.1 Å². The summed E-state index contributed by atoms with van der Waals surface area (Å²) >= 11 is 0. The number of nitrogens with two attached hydrogens (primary N) is 1. The first-order valence-corrected chi connectivity index (χ1v) is 7.15. The molecule has 2 aromatic rings. The van der Waals surface area contributed by atoms with E-state index in [2.05, 4.69) is 10.6 Å². The van der Waals surface area contributed by atoms with Crippen LogP contribution in [0.2, 0.25) is 0 Å². The van der Waals surface area contributed by atoms with Crippen LogP contribution in [0.3, 0.4) is 0 Å². The second kappa shape index (κ2) is 7.36. The lowest BCUT2D eigenvalue weighted by Crippen LogP contribution is -2.14. The van der Waals surface area contributed by atoms with E-state index in [1.165, 1.54) is 21.1 Å². The molecule has 0 saturated heterocycles. The summed E-state index contributed by atoms with van der Waals surface area (Å²) < 4.78 is 10.4. The van der Waals surface area contributed by atoms with Crippen molar-refractivity contribution in [2.75, 3.05) is 30.6 Å². The molecule has 0 aliphatic rings. The predicted octanol–water partition coefficient (Wildman–Crippen LogP) is 2.50. The van der Waals surface area contributed by atoms with Crippen LogP contribution in [0.5, 0.6) is 11.5 Å². The molecule has 0 aliphatic heterocycles. The minimum atomic E-state index is -0.360. The van der Waals surface area contributed by atoms with E-state index in [9.17, 15) is 9.59 Å². The minimum Gasteiger partial charge on any atom is -0.493 e. The average Bonchev–Trinajstić information content (AvgIpc) is 2.55. The molecule has 0 saturated carbocycles. The molecule has 4 N–H and O–H groups in total. The van der Waals surface area contributed by atoms with Gasteiger partial charge in [-0.25, -0.2) is 0 Å². The quantitative estimate of drug-likeness (QED) is 0.731. The third-order valence-corrected chi connectivity index (χ3v) is 3.25. The average molecular weight is 329 g/mol. The zero-order valence-electron chi connectivity index (χ0n) is 13.7. The van der Waals surface area contributed by atoms with Gasteiger partial charge in [0.1, 0.15) is 0 Å². The van der Waals surface area contributed by atoms with E-state index in [-0.39, 0.29) is 11.8 Å². The molecule has 0 spiro atoms. The van der Waals surface area contributed by atoms with Crippen LogP contribution in [-0.4, -0.2) is 26.0 Å². The van der Waals surface area contributed by atoms with Crippen molar-refractivity contribution in [3.8, 4) is 11.5 Å². The summed E-state index contributed by atoms with van der Waals surface area (Å²) in [5.74, 6) is 0.354. The fourth-order valence-corrected chi connectivity index (χ4v) is 2.14. The van der Waals surface area contributed by atoms with Crippen LogP contribution in [-0.2, 0) is 4.79 Å². The van der Waals surface area contributed by atoms with Crippen molar-refractivity contribution in [3.05, 3.63) is 42.0 Å². The topological polar surface area (TPSA) is 103 Å². The van der Waals surface area contributed by atoms with E-state index in [0.717, 1.165) is 0 Å². The third kappa shape index (κ3) is 3.95. The molecule has 0 aliphatic carbocycles. The van der Waals surface area contributed by atoms with Gasteiger partial charge in [0.15, 0.2) is 11.5 Å². The van der Waals surface area contributed by atoms with Crippen molar-refractivity contribution in [2.24, 2.45) is 0 Å². The Kier molecular flexibility index (Phi) is 5.26. The fraction of sp³-hybridized carbons (Fsp3) is 0.176. The first-order chi connectivity index (χ1) is 11.4. The Bertz CT molecular complexity index is 774. The van der Waals surface area contributed by atoms with Crippen LogP contribution in [0.25, 0.3) is 0 Å². The minimum absolute atomic E-state index is 0.211. The molecule has 2 amide bonds. The van der Waals surface area contributed by atoms with Gasteiger partial charge in [0.2, 0.25) is 5.91 Å². The number of carbonyl (C=O) groups excluding carboxylic acids is 2. The number of benzene rings is 2. The zero-order chi connectivity index (χ0) is 17.7. The van der Waals surface area contributed by atoms with E-state index in [4.69, 9.17) is 15.2 Å². The van der Waals surface area contributed by atoms with Gasteiger partial charge in [0.25, 0.3) is 5.91 Å². The summed E-state index contributed by atoms with van der Waals surface area (Å²) in [5.41, 5.74) is 7.61. The Balaban J connectivity index is 2.25. The molecule has 0 aromatic heterocycles. The van der Waals surface area contributed by atoms with Crippen molar-refractivity contribution in [1.29, 1.82) is 0 Å². The first-order valence-electron chi connectivity index (χ1n) is 7.15. The highest BCUT2D eigenvalue weighted by molar-refractivity contribution is 6.06. The molecule has 7 nitrogen and oxygen atoms in total. The Morgan fingerprint density at radius 3 is 2.29 bits per heavy atom. The van der Waals surface area contributed by atoms with Crippen molar-refractivity contribution in [1.82, 2.24) is 0 Å². The second-order valence-corrected chi connectivity index (χ2v) is 5.01. The summed E-state index contributed by atoms with van der Waals surface area (Å²) in [5, 5.41) is 5.35. The summed E-state index contributed by atoms with van der Waals surface area (Å²) in [7, 11) is 3.00. The standard InChI is InChI=1S/C17H19N3O4/c1-10(21)19-12-6-4-5-11(7-12)17(22)20-14-9-16(24-3)15(23-2)8-13(14)18/h4-9H,18H2,1-3H3,(H,19,21)(H,20,22). The Morgan fingerprint density at radius 2 is 1.67 bits per heavy atom. The van der Waals surface area contributed by atoms with Crippen LogP contribution in [0, 0.1) is 0 Å². The fourth-order valence-electron chi connectivity index (χ4n) is 2.14. The number of carbonyl (C=O) groups is 2. The Morgan fingerprint density at radius 1 is 1.00 bits per heavy atom. The van der Waals surface area contributed by atoms with Gasteiger partial charge in [0, 0.05) is 30.3 Å². The number of nitrogen functional groups attached to an aromatic ring is 1. The van der Waals surface area contributed by atoms with Crippen LogP contribution in [0.1, 0.15) is 17.3 Å². The van der Waals surface area contributed by atoms with E-state index in [1.54, 1.807) is 36.4 Å². The molecule has 7 heteroatoms. The number of anilines is 3. The number of hydrogen-bond acceptors (Lipinski definition) is 5. The molecule has 2 rings (SSSR count). The molecule has 0 unspecified atom stereocenters. The molecule has 0 bridgehead atoms. The molecular weight excluding hydrogens is 310 g/mol. The van der Waals surface area contributed by atoms with Gasteiger partial charge in [-0.3, -0.25) is 9.59 Å². The lowest BCUT2D eigenvalue weighted by atomic mass is 10.1. The van der Waals surface area contributed by atoms with Gasteiger partial charge in [0.05, 0.1) is 25.6 Å². The first kappa shape index (κ1) is 17.1. The maximum absolute atomic E-state index is 12.4.